The van der Waals surface area contributed by atoms with E-state index in [0.717, 1.165) is 107 Å². The second kappa shape index (κ2) is 23.6. The quantitative estimate of drug-likeness (QED) is 0.0827. The zero-order chi connectivity index (χ0) is 51.1. The summed E-state index contributed by atoms with van der Waals surface area (Å²) >= 11 is 7.74. The number of nitrogens with one attached hydrogen (secondary N) is 3. The fourth-order valence-electron chi connectivity index (χ4n) is 10.2. The average molecular weight is 1070 g/mol. The zero-order valence-corrected chi connectivity index (χ0v) is 44.0. The molecule has 4 aromatic rings. The number of ether oxygens (including phenoxy) is 1. The molecule has 3 heterocycles. The first-order valence-corrected chi connectivity index (χ1v) is 28.9. The number of morpholine rings is 1. The molecule has 4 aliphatic rings. The number of rotatable bonds is 18. The Morgan fingerprint density at radius 2 is 1.61 bits per heavy atom. The summed E-state index contributed by atoms with van der Waals surface area (Å²) in [6.07, 6.45) is 3.59. The molecule has 72 heavy (non-hydrogen) atoms. The van der Waals surface area contributed by atoms with Gasteiger partial charge in [0.2, 0.25) is 0 Å². The SMILES string of the molecule is C[C@@H]1COCCN1CCC(CSc1ccccc1)Nc1ccc(S(=O)(=O)NC(=O)c2ccc(N3CCN(CC4=C(c5ccc(Cl)cc5)CC[C@@](C)(CN5CCNCC5)C4)CC3)cc2)cc1S(=O)(=O)C(F)(F)F. The Hall–Kier alpha value is -4.18. The number of allylic oxidation sites excluding steroid dienone is 1. The Labute approximate surface area is 431 Å². The number of anilines is 2. The van der Waals surface area contributed by atoms with Crippen LogP contribution in [0.5, 0.6) is 0 Å². The highest BCUT2D eigenvalue weighted by molar-refractivity contribution is 7.99. The lowest BCUT2D eigenvalue weighted by Crippen LogP contribution is -2.49. The summed E-state index contributed by atoms with van der Waals surface area (Å²) in [6, 6.07) is 26.1. The number of sulfone groups is 1. The van der Waals surface area contributed by atoms with Crippen molar-refractivity contribution in [1.82, 2.24) is 24.7 Å². The number of hydrogen-bond donors (Lipinski definition) is 3. The number of sulfonamides is 1. The van der Waals surface area contributed by atoms with E-state index in [-0.39, 0.29) is 17.0 Å². The molecule has 20 heteroatoms. The van der Waals surface area contributed by atoms with Crippen molar-refractivity contribution in [3.8, 4) is 0 Å². The van der Waals surface area contributed by atoms with Gasteiger partial charge in [-0.05, 0) is 116 Å². The lowest BCUT2D eigenvalue weighted by Gasteiger charge is -2.43. The Balaban J connectivity index is 0.924. The van der Waals surface area contributed by atoms with Crippen LogP contribution in [0.2, 0.25) is 5.02 Å². The van der Waals surface area contributed by atoms with Crippen LogP contribution in [0.1, 0.15) is 55.5 Å². The van der Waals surface area contributed by atoms with Crippen LogP contribution in [0.3, 0.4) is 0 Å². The van der Waals surface area contributed by atoms with E-state index >= 15 is 0 Å². The summed E-state index contributed by atoms with van der Waals surface area (Å²) in [4.78, 5) is 21.8. The minimum Gasteiger partial charge on any atom is -0.380 e. The fraction of sp³-hybridized carbons (Fsp3) is 0.481. The third-order valence-corrected chi connectivity index (χ3v) is 18.5. The molecule has 3 fully saturated rings. The maximum atomic E-state index is 14.3. The second-order valence-electron chi connectivity index (χ2n) is 19.7. The molecule has 0 saturated carbocycles. The smallest absolute Gasteiger partial charge is 0.380 e. The summed E-state index contributed by atoms with van der Waals surface area (Å²) < 4.78 is 104. The van der Waals surface area contributed by atoms with E-state index in [1.807, 2.05) is 54.1 Å². The maximum absolute atomic E-state index is 14.3. The largest absolute Gasteiger partial charge is 0.501 e. The van der Waals surface area contributed by atoms with E-state index in [2.05, 4.69) is 49.3 Å². The number of benzene rings is 4. The molecule has 8 rings (SSSR count). The highest BCUT2D eigenvalue weighted by Gasteiger charge is 2.48. The number of alkyl halides is 3. The first-order chi connectivity index (χ1) is 34.4. The lowest BCUT2D eigenvalue weighted by atomic mass is 9.71. The van der Waals surface area contributed by atoms with Crippen molar-refractivity contribution in [2.75, 3.05) is 108 Å². The molecule has 3 atom stereocenters. The number of carbonyl (C=O) groups is 1. The van der Waals surface area contributed by atoms with Gasteiger partial charge in [-0.15, -0.1) is 11.8 Å². The standard InChI is InChI=1S/C52H65ClF3N7O6S3/c1-38-35-69-31-30-62(38)23-19-43(36-70-45-6-4-3-5-7-45)58-48-17-16-46(32-49(48)71(65,66)52(54,55)56)72(67,68)59-50(64)40-10-14-44(15-11-40)63-28-26-60(27-29-63)34-41-33-51(2,37-61-24-21-57-22-25-61)20-18-47(41)39-8-12-42(53)13-9-39/h3-17,32,38,43,57-58H,18-31,33-37H2,1-2H3,(H,59,64)/t38-,43?,51-/m1/s1. The monoisotopic (exact) mass is 1070 g/mol. The topological polar surface area (TPSA) is 144 Å². The van der Waals surface area contributed by atoms with Crippen LogP contribution in [0.15, 0.2) is 117 Å². The highest BCUT2D eigenvalue weighted by Crippen LogP contribution is 2.44. The fourth-order valence-corrected chi connectivity index (χ4v) is 13.3. The number of thioether (sulfide) groups is 1. The van der Waals surface area contributed by atoms with Crippen LogP contribution >= 0.6 is 23.4 Å². The molecule has 1 aliphatic carbocycles. The van der Waals surface area contributed by atoms with Crippen LogP contribution in [-0.2, 0) is 24.6 Å². The van der Waals surface area contributed by atoms with Crippen LogP contribution in [0.25, 0.3) is 5.57 Å². The van der Waals surface area contributed by atoms with Gasteiger partial charge in [0.05, 0.1) is 23.8 Å². The van der Waals surface area contributed by atoms with Gasteiger partial charge in [-0.2, -0.15) is 13.2 Å². The third kappa shape index (κ3) is 13.7. The minimum absolute atomic E-state index is 0.00133. The summed E-state index contributed by atoms with van der Waals surface area (Å²) in [5.41, 5.74) is -1.03. The Kier molecular flexibility index (Phi) is 17.7. The normalized spacial score (nSPS) is 21.6. The molecule has 1 unspecified atom stereocenters. The number of carbonyl (C=O) groups excluding carboxylic acids is 1. The predicted octanol–water partition coefficient (Wildman–Crippen LogP) is 8.11. The molecule has 1 amide bonds. The lowest BCUT2D eigenvalue weighted by molar-refractivity contribution is -0.0435. The van der Waals surface area contributed by atoms with Gasteiger partial charge in [0, 0.05) is 118 Å². The molecule has 3 aliphatic heterocycles. The van der Waals surface area contributed by atoms with Crippen LogP contribution in [-0.4, -0.2) is 153 Å². The number of hydrogen-bond acceptors (Lipinski definition) is 13. The Morgan fingerprint density at radius 1 is 0.903 bits per heavy atom. The Morgan fingerprint density at radius 3 is 2.29 bits per heavy atom. The van der Waals surface area contributed by atoms with E-state index in [1.54, 1.807) is 12.1 Å². The molecular weight excluding hydrogens is 1010 g/mol. The molecule has 3 N–H and O–H groups in total. The second-order valence-corrected chi connectivity index (χ2v) is 24.8. The minimum atomic E-state index is -6.07. The summed E-state index contributed by atoms with van der Waals surface area (Å²) in [6.45, 7) is 15.9. The maximum Gasteiger partial charge on any atom is 0.501 e. The Bertz CT molecular complexity index is 2740. The average Bonchev–Trinajstić information content (AvgIpc) is 3.36. The van der Waals surface area contributed by atoms with Gasteiger partial charge in [-0.3, -0.25) is 14.6 Å². The molecule has 4 aromatic carbocycles. The van der Waals surface area contributed by atoms with Crippen molar-refractivity contribution >= 4 is 66.1 Å². The zero-order valence-electron chi connectivity index (χ0n) is 40.8. The summed E-state index contributed by atoms with van der Waals surface area (Å²) in [5, 5.41) is 7.20. The third-order valence-electron chi connectivity index (χ3n) is 14.2. The van der Waals surface area contributed by atoms with Gasteiger partial charge in [0.25, 0.3) is 25.8 Å². The molecule has 0 aromatic heterocycles. The molecule has 3 saturated heterocycles. The molecular formula is C52H65ClF3N7O6S3. The first-order valence-electron chi connectivity index (χ1n) is 24.6. The van der Waals surface area contributed by atoms with E-state index in [4.69, 9.17) is 16.3 Å². The summed E-state index contributed by atoms with van der Waals surface area (Å²) in [5.74, 6) is -0.660. The van der Waals surface area contributed by atoms with Gasteiger partial charge in [-0.25, -0.2) is 21.6 Å². The van der Waals surface area contributed by atoms with Crippen molar-refractivity contribution in [1.29, 1.82) is 0 Å². The van der Waals surface area contributed by atoms with Crippen molar-refractivity contribution in [2.24, 2.45) is 5.41 Å². The molecule has 0 spiro atoms. The van der Waals surface area contributed by atoms with Gasteiger partial charge in [0.1, 0.15) is 4.90 Å². The van der Waals surface area contributed by atoms with Crippen LogP contribution in [0, 0.1) is 5.41 Å². The van der Waals surface area contributed by atoms with E-state index < -0.39 is 52.8 Å². The number of nitrogens with zero attached hydrogens (tertiary/aromatic N) is 4. The van der Waals surface area contributed by atoms with Gasteiger partial charge in [0.15, 0.2) is 0 Å². The van der Waals surface area contributed by atoms with E-state index in [0.29, 0.717) is 49.6 Å². The first kappa shape index (κ1) is 54.1. The highest BCUT2D eigenvalue weighted by atomic mass is 35.5. The van der Waals surface area contributed by atoms with E-state index in [1.165, 1.54) is 40.6 Å². The number of piperazine rings is 2. The van der Waals surface area contributed by atoms with Crippen molar-refractivity contribution in [3.05, 3.63) is 119 Å². The van der Waals surface area contributed by atoms with Crippen LogP contribution in [0.4, 0.5) is 24.5 Å². The van der Waals surface area contributed by atoms with Crippen molar-refractivity contribution in [3.63, 3.8) is 0 Å². The van der Waals surface area contributed by atoms with Gasteiger partial charge in [-0.1, -0.05) is 54.4 Å². The van der Waals surface area contributed by atoms with Gasteiger partial charge < -0.3 is 25.2 Å². The molecule has 0 bridgehead atoms. The van der Waals surface area contributed by atoms with Crippen molar-refractivity contribution in [2.45, 2.75) is 71.8 Å². The van der Waals surface area contributed by atoms with Crippen LogP contribution < -0.4 is 20.3 Å². The van der Waals surface area contributed by atoms with Gasteiger partial charge >= 0.3 is 5.51 Å². The molecule has 13 nitrogen and oxygen atoms in total. The molecule has 0 radical (unpaired) electrons. The van der Waals surface area contributed by atoms with E-state index in [9.17, 15) is 34.8 Å². The number of amides is 1. The molecule has 390 valence electrons. The summed E-state index contributed by atoms with van der Waals surface area (Å²) in [7, 11) is -10.9. The number of halogens is 4. The van der Waals surface area contributed by atoms with Crippen molar-refractivity contribution < 1.29 is 39.5 Å². The predicted molar refractivity (Wildman–Crippen MR) is 280 cm³/mol.